The van der Waals surface area contributed by atoms with Crippen LogP contribution in [-0.4, -0.2) is 45.2 Å². The van der Waals surface area contributed by atoms with Gasteiger partial charge in [0.25, 0.3) is 6.43 Å². The molecule has 2 N–H and O–H groups in total. The summed E-state index contributed by atoms with van der Waals surface area (Å²) >= 11 is 0. The first-order valence-corrected chi connectivity index (χ1v) is 10.4. The van der Waals surface area contributed by atoms with Gasteiger partial charge in [-0.05, 0) is 56.5 Å². The molecule has 166 valence electrons. The lowest BCUT2D eigenvalue weighted by molar-refractivity contribution is -0.137. The Balaban J connectivity index is 1.46. The molecule has 1 aliphatic heterocycles. The number of alkyl halides is 5. The Bertz CT molecular complexity index is 1040. The molecule has 3 aliphatic rings. The van der Waals surface area contributed by atoms with E-state index in [2.05, 4.69) is 15.0 Å². The van der Waals surface area contributed by atoms with Crippen LogP contribution in [0.15, 0.2) is 23.9 Å². The maximum Gasteiger partial charge on any atom is 0.419 e. The van der Waals surface area contributed by atoms with E-state index in [1.165, 1.54) is 29.3 Å². The van der Waals surface area contributed by atoms with Crippen molar-refractivity contribution in [2.45, 2.75) is 50.9 Å². The summed E-state index contributed by atoms with van der Waals surface area (Å²) < 4.78 is 67.2. The van der Waals surface area contributed by atoms with Crippen LogP contribution in [0.5, 0.6) is 0 Å². The molecule has 0 amide bonds. The molecule has 0 spiro atoms. The van der Waals surface area contributed by atoms with E-state index >= 15 is 0 Å². The van der Waals surface area contributed by atoms with Crippen LogP contribution in [0.25, 0.3) is 16.8 Å². The minimum Gasteiger partial charge on any atom is -0.383 e. The first-order chi connectivity index (χ1) is 14.7. The molecule has 31 heavy (non-hydrogen) atoms. The smallest absolute Gasteiger partial charge is 0.383 e. The van der Waals surface area contributed by atoms with Crippen molar-refractivity contribution in [1.82, 2.24) is 19.7 Å². The second-order valence-corrected chi connectivity index (χ2v) is 8.47. The van der Waals surface area contributed by atoms with Gasteiger partial charge in [0.05, 0.1) is 17.0 Å². The lowest BCUT2D eigenvalue weighted by atomic mass is 10.1. The van der Waals surface area contributed by atoms with E-state index < -0.39 is 30.5 Å². The van der Waals surface area contributed by atoms with Crippen LogP contribution in [0.3, 0.4) is 0 Å². The number of nitrogens with zero attached hydrogens (tertiary/aromatic N) is 4. The van der Waals surface area contributed by atoms with Crippen molar-refractivity contribution in [2.75, 3.05) is 18.8 Å². The lowest BCUT2D eigenvalue weighted by Gasteiger charge is -2.24. The normalized spacial score (nSPS) is 23.8. The third-order valence-corrected chi connectivity index (χ3v) is 6.54. The molecular weight excluding hydrogens is 417 g/mol. The van der Waals surface area contributed by atoms with E-state index in [1.54, 1.807) is 6.07 Å². The molecule has 1 saturated heterocycles. The molecule has 0 bridgehead atoms. The highest BCUT2D eigenvalue weighted by Crippen LogP contribution is 2.58. The largest absolute Gasteiger partial charge is 0.419 e. The first-order valence-electron chi connectivity index (χ1n) is 10.4. The Kier molecular flexibility index (Phi) is 4.80. The number of aromatic nitrogens is 3. The highest BCUT2D eigenvalue weighted by Gasteiger charge is 2.48. The molecule has 2 aliphatic carbocycles. The lowest BCUT2D eigenvalue weighted by Crippen LogP contribution is -2.31. The molecule has 2 fully saturated rings. The van der Waals surface area contributed by atoms with Gasteiger partial charge in [0, 0.05) is 23.7 Å². The van der Waals surface area contributed by atoms with E-state index in [0.29, 0.717) is 11.7 Å². The summed E-state index contributed by atoms with van der Waals surface area (Å²) in [7, 11) is 0. The number of rotatable bonds is 5. The Morgan fingerprint density at radius 1 is 1.16 bits per heavy atom. The maximum absolute atomic E-state index is 13.2. The molecule has 0 aromatic carbocycles. The predicted molar refractivity (Wildman–Crippen MR) is 105 cm³/mol. The Morgan fingerprint density at radius 3 is 2.52 bits per heavy atom. The van der Waals surface area contributed by atoms with Crippen molar-refractivity contribution in [2.24, 2.45) is 5.92 Å². The van der Waals surface area contributed by atoms with Gasteiger partial charge in [-0.1, -0.05) is 5.57 Å². The van der Waals surface area contributed by atoms with Gasteiger partial charge in [-0.15, -0.1) is 0 Å². The number of allylic oxidation sites excluding steroid dienone is 1. The molecule has 0 radical (unpaired) electrons. The topological polar surface area (TPSA) is 60.0 Å². The quantitative estimate of drug-likeness (QED) is 0.700. The number of likely N-dealkylation sites (tertiary alicyclic amines) is 1. The molecule has 3 heterocycles. The fourth-order valence-electron chi connectivity index (χ4n) is 5.06. The zero-order chi connectivity index (χ0) is 21.9. The average Bonchev–Trinajstić information content (AvgIpc) is 3.18. The van der Waals surface area contributed by atoms with E-state index in [-0.39, 0.29) is 17.2 Å². The summed E-state index contributed by atoms with van der Waals surface area (Å²) in [6.07, 6.45) is -1.76. The van der Waals surface area contributed by atoms with E-state index in [9.17, 15) is 22.0 Å². The standard InChI is InChI=1S/C21H22F5N5/c22-18(23)10-31-17(19-13-6-12(7-14(13)19)30-3-1-2-4-30)8-16(29-31)11-5-15(21(24,25)26)20(27)28-9-11/h5,8-9,12-13,18H,1-4,6-7,10H2,(H2,27,28)/t12-,13+/m0/s1. The zero-order valence-corrected chi connectivity index (χ0v) is 16.7. The zero-order valence-electron chi connectivity index (χ0n) is 16.7. The van der Waals surface area contributed by atoms with E-state index in [4.69, 9.17) is 5.73 Å². The average molecular weight is 439 g/mol. The van der Waals surface area contributed by atoms with Gasteiger partial charge in [0.15, 0.2) is 0 Å². The third-order valence-electron chi connectivity index (χ3n) is 6.54. The first kappa shape index (κ1) is 20.4. The van der Waals surface area contributed by atoms with Crippen LogP contribution < -0.4 is 5.73 Å². The Morgan fingerprint density at radius 2 is 1.90 bits per heavy atom. The summed E-state index contributed by atoms with van der Waals surface area (Å²) in [6, 6.07) is 2.98. The van der Waals surface area contributed by atoms with Gasteiger partial charge >= 0.3 is 6.18 Å². The number of pyridine rings is 1. The molecule has 2 atom stereocenters. The summed E-state index contributed by atoms with van der Waals surface area (Å²) in [5.41, 5.74) is 7.45. The van der Waals surface area contributed by atoms with E-state index in [0.717, 1.165) is 37.6 Å². The van der Waals surface area contributed by atoms with Crippen LogP contribution in [0.2, 0.25) is 0 Å². The summed E-state index contributed by atoms with van der Waals surface area (Å²) in [6.45, 7) is 1.61. The van der Waals surface area contributed by atoms with Crippen molar-refractivity contribution < 1.29 is 22.0 Å². The SMILES string of the molecule is Nc1ncc(-c2cc(C3=C4C[C@@H](N5CCCC5)C[C@H]43)n(CC(F)F)n2)cc1C(F)(F)F. The number of nitrogens with two attached hydrogens (primary N) is 1. The Labute approximate surface area is 175 Å². The van der Waals surface area contributed by atoms with Crippen LogP contribution in [0.4, 0.5) is 27.8 Å². The van der Waals surface area contributed by atoms with Crippen molar-refractivity contribution in [1.29, 1.82) is 0 Å². The van der Waals surface area contributed by atoms with Crippen molar-refractivity contribution in [3.05, 3.63) is 35.2 Å². The van der Waals surface area contributed by atoms with Crippen molar-refractivity contribution >= 4 is 11.4 Å². The maximum atomic E-state index is 13.2. The van der Waals surface area contributed by atoms with E-state index in [1.807, 2.05) is 0 Å². The molecule has 2 aromatic rings. The highest BCUT2D eigenvalue weighted by molar-refractivity contribution is 5.87. The minimum atomic E-state index is -4.66. The summed E-state index contributed by atoms with van der Waals surface area (Å²) in [5.74, 6) is -0.361. The van der Waals surface area contributed by atoms with Gasteiger partial charge in [-0.25, -0.2) is 13.8 Å². The number of hydrogen-bond acceptors (Lipinski definition) is 4. The predicted octanol–water partition coefficient (Wildman–Crippen LogP) is 4.45. The fourth-order valence-corrected chi connectivity index (χ4v) is 5.06. The highest BCUT2D eigenvalue weighted by atomic mass is 19.4. The summed E-state index contributed by atoms with van der Waals surface area (Å²) in [5, 5.41) is 4.20. The molecule has 5 rings (SSSR count). The van der Waals surface area contributed by atoms with Gasteiger partial charge < -0.3 is 10.6 Å². The summed E-state index contributed by atoms with van der Waals surface area (Å²) in [4.78, 5) is 6.13. The van der Waals surface area contributed by atoms with Crippen LogP contribution in [-0.2, 0) is 12.7 Å². The molecule has 0 unspecified atom stereocenters. The molecular formula is C21H22F5N5. The van der Waals surface area contributed by atoms with Crippen LogP contribution >= 0.6 is 0 Å². The van der Waals surface area contributed by atoms with Gasteiger partial charge in [-0.3, -0.25) is 4.68 Å². The second kappa shape index (κ2) is 7.29. The number of halogens is 5. The fraction of sp³-hybridized carbons (Fsp3) is 0.524. The molecule has 10 heteroatoms. The third kappa shape index (κ3) is 3.71. The van der Waals surface area contributed by atoms with Gasteiger partial charge in [0.1, 0.15) is 12.4 Å². The van der Waals surface area contributed by atoms with Crippen molar-refractivity contribution in [3.63, 3.8) is 0 Å². The number of hydrogen-bond donors (Lipinski definition) is 1. The minimum absolute atomic E-state index is 0.0992. The van der Waals surface area contributed by atoms with Gasteiger partial charge in [0.2, 0.25) is 0 Å². The van der Waals surface area contributed by atoms with Crippen molar-refractivity contribution in [3.8, 4) is 11.3 Å². The number of fused-ring (bicyclic) bond motifs is 1. The molecule has 5 nitrogen and oxygen atoms in total. The molecule has 1 saturated carbocycles. The molecule has 2 aromatic heterocycles. The monoisotopic (exact) mass is 439 g/mol. The number of nitrogen functional groups attached to an aromatic ring is 1. The number of anilines is 1. The Hall–Kier alpha value is -2.49. The van der Waals surface area contributed by atoms with Crippen LogP contribution in [0.1, 0.15) is 36.9 Å². The second-order valence-electron chi connectivity index (χ2n) is 8.47. The van der Waals surface area contributed by atoms with Gasteiger partial charge in [-0.2, -0.15) is 18.3 Å². The van der Waals surface area contributed by atoms with Crippen LogP contribution in [0, 0.1) is 5.92 Å².